The van der Waals surface area contributed by atoms with Crippen molar-refractivity contribution in [2.24, 2.45) is 0 Å². The molecule has 2 amide bonds. The molecule has 2 rings (SSSR count). The summed E-state index contributed by atoms with van der Waals surface area (Å²) >= 11 is 0. The van der Waals surface area contributed by atoms with Crippen LogP contribution in [0, 0.1) is 0 Å². The van der Waals surface area contributed by atoms with Crippen LogP contribution in [0.5, 0.6) is 0 Å². The molecular formula is C15H18N2O4. The normalized spacial score (nSPS) is 18.1. The zero-order valence-electron chi connectivity index (χ0n) is 11.8. The Balaban J connectivity index is 2.05. The highest BCUT2D eigenvalue weighted by molar-refractivity contribution is 5.96. The second-order valence-corrected chi connectivity index (χ2v) is 5.11. The van der Waals surface area contributed by atoms with Gasteiger partial charge in [-0.25, -0.2) is 9.59 Å². The maximum Gasteiger partial charge on any atom is 0.326 e. The molecule has 0 bridgehead atoms. The van der Waals surface area contributed by atoms with E-state index in [2.05, 4.69) is 5.32 Å². The molecule has 1 aliphatic heterocycles. The molecule has 1 fully saturated rings. The van der Waals surface area contributed by atoms with Crippen LogP contribution < -0.4 is 5.32 Å². The number of piperidine rings is 1. The second kappa shape index (κ2) is 6.39. The number of aliphatic carboxylic acids is 1. The zero-order chi connectivity index (χ0) is 15.4. The van der Waals surface area contributed by atoms with Crippen LogP contribution in [-0.2, 0) is 4.79 Å². The van der Waals surface area contributed by atoms with Crippen LogP contribution in [0.1, 0.15) is 36.5 Å². The Bertz CT molecular complexity index is 553. The van der Waals surface area contributed by atoms with E-state index in [1.54, 1.807) is 24.3 Å². The van der Waals surface area contributed by atoms with Crippen molar-refractivity contribution in [2.75, 3.05) is 11.9 Å². The van der Waals surface area contributed by atoms with Gasteiger partial charge in [0.1, 0.15) is 6.04 Å². The highest BCUT2D eigenvalue weighted by Crippen LogP contribution is 2.19. The number of benzene rings is 1. The van der Waals surface area contributed by atoms with Gasteiger partial charge in [-0.1, -0.05) is 0 Å². The van der Waals surface area contributed by atoms with E-state index < -0.39 is 18.0 Å². The molecule has 0 radical (unpaired) electrons. The van der Waals surface area contributed by atoms with E-state index in [4.69, 9.17) is 5.11 Å². The maximum atomic E-state index is 12.2. The van der Waals surface area contributed by atoms with Gasteiger partial charge >= 0.3 is 12.0 Å². The number of urea groups is 1. The summed E-state index contributed by atoms with van der Waals surface area (Å²) in [6, 6.07) is 5.34. The van der Waals surface area contributed by atoms with E-state index in [1.165, 1.54) is 11.8 Å². The molecule has 0 spiro atoms. The van der Waals surface area contributed by atoms with Gasteiger partial charge in [-0.15, -0.1) is 0 Å². The van der Waals surface area contributed by atoms with E-state index in [1.807, 2.05) is 0 Å². The smallest absolute Gasteiger partial charge is 0.326 e. The third-order valence-corrected chi connectivity index (χ3v) is 3.59. The molecule has 0 aromatic heterocycles. The summed E-state index contributed by atoms with van der Waals surface area (Å²) in [5.41, 5.74) is 1.11. The molecule has 21 heavy (non-hydrogen) atoms. The van der Waals surface area contributed by atoms with Crippen LogP contribution in [0.4, 0.5) is 10.5 Å². The Morgan fingerprint density at radius 2 is 1.86 bits per heavy atom. The molecule has 2 N–H and O–H groups in total. The highest BCUT2D eigenvalue weighted by Gasteiger charge is 2.31. The minimum atomic E-state index is -0.975. The molecule has 0 saturated carbocycles. The first-order valence-electron chi connectivity index (χ1n) is 6.90. The summed E-state index contributed by atoms with van der Waals surface area (Å²) in [6.45, 7) is 1.91. The fourth-order valence-electron chi connectivity index (χ4n) is 2.41. The summed E-state index contributed by atoms with van der Waals surface area (Å²) in [5, 5.41) is 11.8. The van der Waals surface area contributed by atoms with Crippen molar-refractivity contribution in [1.82, 2.24) is 4.90 Å². The number of nitrogens with one attached hydrogen (secondary N) is 1. The van der Waals surface area contributed by atoms with Crippen molar-refractivity contribution in [1.29, 1.82) is 0 Å². The monoisotopic (exact) mass is 290 g/mol. The summed E-state index contributed by atoms with van der Waals surface area (Å²) in [7, 11) is 0. The lowest BCUT2D eigenvalue weighted by Gasteiger charge is -2.32. The molecule has 112 valence electrons. The molecule has 0 aliphatic carbocycles. The van der Waals surface area contributed by atoms with E-state index in [0.717, 1.165) is 12.8 Å². The number of anilines is 1. The molecule has 1 heterocycles. The van der Waals surface area contributed by atoms with Gasteiger partial charge in [0.15, 0.2) is 5.78 Å². The minimum absolute atomic E-state index is 0.0464. The van der Waals surface area contributed by atoms with Gasteiger partial charge in [0.25, 0.3) is 0 Å². The third-order valence-electron chi connectivity index (χ3n) is 3.59. The number of hydrogen-bond acceptors (Lipinski definition) is 3. The Labute approximate surface area is 122 Å². The van der Waals surface area contributed by atoms with Gasteiger partial charge in [0, 0.05) is 17.8 Å². The van der Waals surface area contributed by atoms with Crippen LogP contribution in [0.3, 0.4) is 0 Å². The van der Waals surface area contributed by atoms with E-state index in [0.29, 0.717) is 24.2 Å². The van der Waals surface area contributed by atoms with E-state index in [-0.39, 0.29) is 5.78 Å². The summed E-state index contributed by atoms with van der Waals surface area (Å²) in [6.07, 6.45) is 2.10. The predicted octanol–water partition coefficient (Wildman–Crippen LogP) is 2.36. The molecule has 1 saturated heterocycles. The van der Waals surface area contributed by atoms with Crippen molar-refractivity contribution in [2.45, 2.75) is 32.2 Å². The number of Topliss-reactive ketones (excluding diaryl/α,β-unsaturated/α-hetero) is 1. The number of likely N-dealkylation sites (tertiary alicyclic amines) is 1. The summed E-state index contributed by atoms with van der Waals surface area (Å²) in [4.78, 5) is 35.9. The zero-order valence-corrected chi connectivity index (χ0v) is 11.8. The first kappa shape index (κ1) is 15.0. The molecule has 1 aromatic carbocycles. The van der Waals surface area contributed by atoms with Crippen molar-refractivity contribution in [3.8, 4) is 0 Å². The first-order valence-corrected chi connectivity index (χ1v) is 6.90. The molecule has 1 aliphatic rings. The van der Waals surface area contributed by atoms with Gasteiger partial charge < -0.3 is 15.3 Å². The van der Waals surface area contributed by atoms with Crippen LogP contribution in [0.15, 0.2) is 24.3 Å². The standard InChI is InChI=1S/C15H18N2O4/c1-10(18)11-5-7-12(8-6-11)16-15(21)17-9-3-2-4-13(17)14(19)20/h5-8,13H,2-4,9H2,1H3,(H,16,21)(H,19,20)/t13-/m0/s1. The van der Waals surface area contributed by atoms with Crippen molar-refractivity contribution < 1.29 is 19.5 Å². The van der Waals surface area contributed by atoms with Crippen molar-refractivity contribution >= 4 is 23.5 Å². The lowest BCUT2D eigenvalue weighted by molar-refractivity contribution is -0.143. The maximum absolute atomic E-state index is 12.2. The van der Waals surface area contributed by atoms with Crippen molar-refractivity contribution in [3.05, 3.63) is 29.8 Å². The van der Waals surface area contributed by atoms with Gasteiger partial charge in [0.05, 0.1) is 0 Å². The Kier molecular flexibility index (Phi) is 4.57. The van der Waals surface area contributed by atoms with E-state index >= 15 is 0 Å². The number of amides is 2. The van der Waals surface area contributed by atoms with Crippen LogP contribution in [0.25, 0.3) is 0 Å². The van der Waals surface area contributed by atoms with Crippen molar-refractivity contribution in [3.63, 3.8) is 0 Å². The largest absolute Gasteiger partial charge is 0.480 e. The molecule has 1 atom stereocenters. The number of carboxylic acid groups (broad SMARTS) is 1. The topological polar surface area (TPSA) is 86.7 Å². The number of ketones is 1. The molecule has 6 nitrogen and oxygen atoms in total. The Morgan fingerprint density at radius 1 is 1.19 bits per heavy atom. The molecule has 1 aromatic rings. The predicted molar refractivity (Wildman–Crippen MR) is 77.4 cm³/mol. The number of carbonyl (C=O) groups excluding carboxylic acids is 2. The quantitative estimate of drug-likeness (QED) is 0.837. The molecule has 6 heteroatoms. The molecular weight excluding hydrogens is 272 g/mol. The average Bonchev–Trinajstić information content (AvgIpc) is 2.47. The lowest BCUT2D eigenvalue weighted by atomic mass is 10.0. The third kappa shape index (κ3) is 3.59. The lowest BCUT2D eigenvalue weighted by Crippen LogP contribution is -2.49. The summed E-state index contributed by atoms with van der Waals surface area (Å²) < 4.78 is 0. The van der Waals surface area contributed by atoms with E-state index in [9.17, 15) is 14.4 Å². The van der Waals surface area contributed by atoms with Gasteiger partial charge in [0.2, 0.25) is 0 Å². The number of carbonyl (C=O) groups is 3. The van der Waals surface area contributed by atoms with Crippen LogP contribution >= 0.6 is 0 Å². The van der Waals surface area contributed by atoms with Gasteiger partial charge in [-0.3, -0.25) is 4.79 Å². The number of nitrogens with zero attached hydrogens (tertiary/aromatic N) is 1. The number of hydrogen-bond donors (Lipinski definition) is 2. The highest BCUT2D eigenvalue weighted by atomic mass is 16.4. The molecule has 0 unspecified atom stereocenters. The fourth-order valence-corrected chi connectivity index (χ4v) is 2.41. The Hall–Kier alpha value is -2.37. The van der Waals surface area contributed by atoms with Crippen LogP contribution in [0.2, 0.25) is 0 Å². The fraction of sp³-hybridized carbons (Fsp3) is 0.400. The summed E-state index contributed by atoms with van der Waals surface area (Å²) in [5.74, 6) is -1.02. The van der Waals surface area contributed by atoms with Crippen LogP contribution in [-0.4, -0.2) is 40.4 Å². The Morgan fingerprint density at radius 3 is 2.43 bits per heavy atom. The first-order chi connectivity index (χ1) is 9.99. The van der Waals surface area contributed by atoms with Gasteiger partial charge in [-0.05, 0) is 50.5 Å². The number of rotatable bonds is 3. The second-order valence-electron chi connectivity index (χ2n) is 5.11. The number of carboxylic acids is 1. The van der Waals surface area contributed by atoms with Gasteiger partial charge in [-0.2, -0.15) is 0 Å². The average molecular weight is 290 g/mol. The minimum Gasteiger partial charge on any atom is -0.480 e. The SMILES string of the molecule is CC(=O)c1ccc(NC(=O)N2CCCC[C@H]2C(=O)O)cc1.